The second kappa shape index (κ2) is 6.15. The molecular weight excluding hydrogens is 310 g/mol. The number of halogens is 1. The molecule has 0 saturated carbocycles. The van der Waals surface area contributed by atoms with Crippen LogP contribution in [0.5, 0.6) is 11.6 Å². The summed E-state index contributed by atoms with van der Waals surface area (Å²) >= 11 is 3.34. The van der Waals surface area contributed by atoms with E-state index in [1.54, 1.807) is 18.3 Å². The third kappa shape index (κ3) is 4.22. The Morgan fingerprint density at radius 3 is 2.53 bits per heavy atom. The van der Waals surface area contributed by atoms with Gasteiger partial charge in [-0.15, -0.1) is 0 Å². The van der Waals surface area contributed by atoms with E-state index in [9.17, 15) is 4.79 Å². The highest BCUT2D eigenvalue weighted by atomic mass is 79.9. The smallest absolute Gasteiger partial charge is 0.328 e. The number of carboxylic acid groups (broad SMARTS) is 1. The van der Waals surface area contributed by atoms with Crippen LogP contribution in [0.3, 0.4) is 0 Å². The molecule has 0 bridgehead atoms. The third-order valence-corrected chi connectivity index (χ3v) is 2.74. The number of rotatable bonds is 4. The average Bonchev–Trinajstić information content (AvgIpc) is 2.40. The second-order valence-corrected chi connectivity index (χ2v) is 4.57. The molecule has 96 valence electrons. The van der Waals surface area contributed by atoms with Gasteiger partial charge in [0.25, 0.3) is 0 Å². The minimum Gasteiger partial charge on any atom is -0.478 e. The zero-order valence-corrected chi connectivity index (χ0v) is 11.4. The number of aliphatic carboxylic acids is 1. The van der Waals surface area contributed by atoms with Gasteiger partial charge in [0.15, 0.2) is 0 Å². The maximum atomic E-state index is 10.4. The number of carbonyl (C=O) groups is 1. The maximum Gasteiger partial charge on any atom is 0.328 e. The van der Waals surface area contributed by atoms with Crippen LogP contribution in [0.2, 0.25) is 0 Å². The van der Waals surface area contributed by atoms with Crippen LogP contribution in [-0.4, -0.2) is 16.1 Å². The van der Waals surface area contributed by atoms with Crippen molar-refractivity contribution < 1.29 is 14.6 Å². The number of ether oxygens (including phenoxy) is 1. The van der Waals surface area contributed by atoms with Crippen molar-refractivity contribution in [1.29, 1.82) is 0 Å². The molecule has 0 fully saturated rings. The SMILES string of the molecule is O=C(O)/C=C/c1ccc(Oc2ccc(Br)cc2)nc1. The molecule has 0 spiro atoms. The number of carboxylic acids is 1. The highest BCUT2D eigenvalue weighted by molar-refractivity contribution is 9.10. The number of hydrogen-bond acceptors (Lipinski definition) is 3. The van der Waals surface area contributed by atoms with Crippen molar-refractivity contribution >= 4 is 28.0 Å². The maximum absolute atomic E-state index is 10.4. The third-order valence-electron chi connectivity index (χ3n) is 2.21. The molecule has 0 atom stereocenters. The lowest BCUT2D eigenvalue weighted by atomic mass is 10.2. The lowest BCUT2D eigenvalue weighted by Gasteiger charge is -2.04. The van der Waals surface area contributed by atoms with E-state index in [1.807, 2.05) is 24.3 Å². The molecule has 4 nitrogen and oxygen atoms in total. The molecule has 5 heteroatoms. The Balaban J connectivity index is 2.06. The summed E-state index contributed by atoms with van der Waals surface area (Å²) in [7, 11) is 0. The molecule has 1 N–H and O–H groups in total. The summed E-state index contributed by atoms with van der Waals surface area (Å²) < 4.78 is 6.52. The monoisotopic (exact) mass is 319 g/mol. The molecule has 0 unspecified atom stereocenters. The minimum atomic E-state index is -0.991. The molecule has 0 amide bonds. The quantitative estimate of drug-likeness (QED) is 0.872. The summed E-state index contributed by atoms with van der Waals surface area (Å²) in [6.07, 6.45) is 4.08. The van der Waals surface area contributed by atoms with Crippen LogP contribution in [0.15, 0.2) is 53.1 Å². The first-order valence-electron chi connectivity index (χ1n) is 5.44. The van der Waals surface area contributed by atoms with Crippen LogP contribution >= 0.6 is 15.9 Å². The lowest BCUT2D eigenvalue weighted by Crippen LogP contribution is -1.89. The summed E-state index contributed by atoms with van der Waals surface area (Å²) in [6.45, 7) is 0. The molecule has 2 rings (SSSR count). The van der Waals surface area contributed by atoms with Crippen molar-refractivity contribution in [1.82, 2.24) is 4.98 Å². The number of aromatic nitrogens is 1. The van der Waals surface area contributed by atoms with Crippen molar-refractivity contribution in [3.63, 3.8) is 0 Å². The topological polar surface area (TPSA) is 59.4 Å². The van der Waals surface area contributed by atoms with E-state index in [-0.39, 0.29) is 0 Å². The van der Waals surface area contributed by atoms with Gasteiger partial charge in [0.2, 0.25) is 5.88 Å². The second-order valence-electron chi connectivity index (χ2n) is 3.66. The van der Waals surface area contributed by atoms with E-state index in [4.69, 9.17) is 9.84 Å². The van der Waals surface area contributed by atoms with E-state index in [0.29, 0.717) is 17.2 Å². The van der Waals surface area contributed by atoms with Crippen LogP contribution in [0.1, 0.15) is 5.56 Å². The molecular formula is C14H10BrNO3. The fourth-order valence-electron chi connectivity index (χ4n) is 1.34. The van der Waals surface area contributed by atoms with Crippen LogP contribution in [-0.2, 0) is 4.79 Å². The summed E-state index contributed by atoms with van der Waals surface area (Å²) in [5, 5.41) is 8.51. The highest BCUT2D eigenvalue weighted by Gasteiger charge is 1.98. The van der Waals surface area contributed by atoms with Gasteiger partial charge < -0.3 is 9.84 Å². The van der Waals surface area contributed by atoms with Gasteiger partial charge in [-0.25, -0.2) is 9.78 Å². The number of benzene rings is 1. The molecule has 1 aromatic heterocycles. The molecule has 1 heterocycles. The van der Waals surface area contributed by atoms with Gasteiger partial charge in [0, 0.05) is 22.8 Å². The average molecular weight is 320 g/mol. The van der Waals surface area contributed by atoms with Crippen molar-refractivity contribution in [2.24, 2.45) is 0 Å². The first-order valence-corrected chi connectivity index (χ1v) is 6.23. The first kappa shape index (κ1) is 13.3. The van der Waals surface area contributed by atoms with E-state index in [2.05, 4.69) is 20.9 Å². The zero-order chi connectivity index (χ0) is 13.7. The Hall–Kier alpha value is -2.14. The summed E-state index contributed by atoms with van der Waals surface area (Å²) in [4.78, 5) is 14.5. The molecule has 1 aromatic carbocycles. The van der Waals surface area contributed by atoms with E-state index < -0.39 is 5.97 Å². The van der Waals surface area contributed by atoms with E-state index in [0.717, 1.165) is 10.5 Å². The molecule has 0 aliphatic rings. The fourth-order valence-corrected chi connectivity index (χ4v) is 1.61. The van der Waals surface area contributed by atoms with Crippen molar-refractivity contribution in [2.75, 3.05) is 0 Å². The summed E-state index contributed by atoms with van der Waals surface area (Å²) in [5.41, 5.74) is 0.700. The van der Waals surface area contributed by atoms with Gasteiger partial charge in [-0.05, 0) is 42.0 Å². The van der Waals surface area contributed by atoms with Crippen LogP contribution < -0.4 is 4.74 Å². The largest absolute Gasteiger partial charge is 0.478 e. The fraction of sp³-hybridized carbons (Fsp3) is 0. The van der Waals surface area contributed by atoms with Crippen molar-refractivity contribution in [3.8, 4) is 11.6 Å². The number of hydrogen-bond donors (Lipinski definition) is 1. The molecule has 2 aromatic rings. The van der Waals surface area contributed by atoms with E-state index in [1.165, 1.54) is 6.08 Å². The molecule has 0 saturated heterocycles. The summed E-state index contributed by atoms with van der Waals surface area (Å²) in [5.74, 6) is 0.148. The molecule has 0 radical (unpaired) electrons. The Bertz CT molecular complexity index is 591. The Labute approximate surface area is 118 Å². The first-order chi connectivity index (χ1) is 9.13. The van der Waals surface area contributed by atoms with Crippen LogP contribution in [0.25, 0.3) is 6.08 Å². The van der Waals surface area contributed by atoms with Gasteiger partial charge >= 0.3 is 5.97 Å². The van der Waals surface area contributed by atoms with Crippen LogP contribution in [0.4, 0.5) is 0 Å². The number of pyridine rings is 1. The van der Waals surface area contributed by atoms with Crippen molar-refractivity contribution in [2.45, 2.75) is 0 Å². The van der Waals surface area contributed by atoms with Gasteiger partial charge in [-0.1, -0.05) is 15.9 Å². The van der Waals surface area contributed by atoms with Crippen molar-refractivity contribution in [3.05, 3.63) is 58.7 Å². The summed E-state index contributed by atoms with van der Waals surface area (Å²) in [6, 6.07) is 10.8. The standard InChI is InChI=1S/C14H10BrNO3/c15-11-3-5-12(6-4-11)19-13-7-1-10(9-16-13)2-8-14(17)18/h1-9H,(H,17,18)/b8-2+. The predicted octanol–water partition coefficient (Wildman–Crippen LogP) is 3.73. The van der Waals surface area contributed by atoms with Gasteiger partial charge in [-0.2, -0.15) is 0 Å². The van der Waals surface area contributed by atoms with Gasteiger partial charge in [0.05, 0.1) is 0 Å². The zero-order valence-electron chi connectivity index (χ0n) is 9.79. The molecule has 0 aliphatic heterocycles. The molecule has 19 heavy (non-hydrogen) atoms. The van der Waals surface area contributed by atoms with Gasteiger partial charge in [-0.3, -0.25) is 0 Å². The van der Waals surface area contributed by atoms with Gasteiger partial charge in [0.1, 0.15) is 5.75 Å². The van der Waals surface area contributed by atoms with E-state index >= 15 is 0 Å². The van der Waals surface area contributed by atoms with Crippen LogP contribution in [0, 0.1) is 0 Å². The predicted molar refractivity (Wildman–Crippen MR) is 75.1 cm³/mol. The normalized spacial score (nSPS) is 10.6. The molecule has 0 aliphatic carbocycles. The Kier molecular flexibility index (Phi) is 4.30. The highest BCUT2D eigenvalue weighted by Crippen LogP contribution is 2.21. The Morgan fingerprint density at radius 1 is 1.21 bits per heavy atom. The Morgan fingerprint density at radius 2 is 1.95 bits per heavy atom. The number of nitrogens with zero attached hydrogens (tertiary/aromatic N) is 1. The minimum absolute atomic E-state index is 0.454. The lowest BCUT2D eigenvalue weighted by molar-refractivity contribution is -0.131.